The molecule has 20 heavy (non-hydrogen) atoms. The zero-order valence-corrected chi connectivity index (χ0v) is 14.0. The van der Waals surface area contributed by atoms with Crippen LogP contribution in [0.4, 0.5) is 0 Å². The highest BCUT2D eigenvalue weighted by molar-refractivity contribution is 4.90. The standard InChI is InChI=1S/C18H36N2/c1-4-13-19-15(3)18-8-6-7-14-20(18)17-11-9-16(5-2)10-12-17/h15-19H,4-14H2,1-3H3. The molecule has 1 aliphatic carbocycles. The predicted molar refractivity (Wildman–Crippen MR) is 88.1 cm³/mol. The molecule has 1 N–H and O–H groups in total. The number of nitrogens with zero attached hydrogens (tertiary/aromatic N) is 1. The van der Waals surface area contributed by atoms with Crippen molar-refractivity contribution < 1.29 is 0 Å². The lowest BCUT2D eigenvalue weighted by Gasteiger charge is -2.46. The summed E-state index contributed by atoms with van der Waals surface area (Å²) in [6.45, 7) is 9.57. The Bertz CT molecular complexity index is 258. The molecular weight excluding hydrogens is 244 g/mol. The minimum Gasteiger partial charge on any atom is -0.313 e. The highest BCUT2D eigenvalue weighted by Gasteiger charge is 2.33. The maximum atomic E-state index is 3.75. The average molecular weight is 280 g/mol. The van der Waals surface area contributed by atoms with E-state index in [1.807, 2.05) is 0 Å². The van der Waals surface area contributed by atoms with Crippen LogP contribution in [0.2, 0.25) is 0 Å². The minimum atomic E-state index is 0.666. The summed E-state index contributed by atoms with van der Waals surface area (Å²) in [7, 11) is 0. The van der Waals surface area contributed by atoms with E-state index in [-0.39, 0.29) is 0 Å². The Kier molecular flexibility index (Phi) is 6.83. The molecular formula is C18H36N2. The first-order chi connectivity index (χ1) is 9.76. The molecule has 1 saturated carbocycles. The molecule has 2 fully saturated rings. The Morgan fingerprint density at radius 1 is 1.05 bits per heavy atom. The van der Waals surface area contributed by atoms with Crippen molar-refractivity contribution in [3.8, 4) is 0 Å². The maximum Gasteiger partial charge on any atom is 0.0249 e. The van der Waals surface area contributed by atoms with E-state index >= 15 is 0 Å². The third-order valence-corrected chi connectivity index (χ3v) is 5.75. The number of rotatable bonds is 6. The van der Waals surface area contributed by atoms with Gasteiger partial charge in [-0.25, -0.2) is 0 Å². The van der Waals surface area contributed by atoms with E-state index in [2.05, 4.69) is 31.0 Å². The molecule has 2 aliphatic rings. The first-order valence-electron chi connectivity index (χ1n) is 9.25. The molecule has 1 saturated heterocycles. The molecule has 1 heterocycles. The lowest BCUT2D eigenvalue weighted by molar-refractivity contribution is 0.0458. The van der Waals surface area contributed by atoms with Crippen LogP contribution in [-0.2, 0) is 0 Å². The van der Waals surface area contributed by atoms with Gasteiger partial charge in [0.05, 0.1) is 0 Å². The normalized spacial score (nSPS) is 34.0. The first kappa shape index (κ1) is 16.3. The van der Waals surface area contributed by atoms with E-state index in [1.165, 1.54) is 70.9 Å². The zero-order valence-electron chi connectivity index (χ0n) is 14.0. The molecule has 2 atom stereocenters. The summed E-state index contributed by atoms with van der Waals surface area (Å²) in [5.41, 5.74) is 0. The van der Waals surface area contributed by atoms with Gasteiger partial charge < -0.3 is 5.32 Å². The van der Waals surface area contributed by atoms with Crippen LogP contribution in [0.5, 0.6) is 0 Å². The van der Waals surface area contributed by atoms with E-state index in [0.717, 1.165) is 18.0 Å². The third-order valence-electron chi connectivity index (χ3n) is 5.75. The Morgan fingerprint density at radius 3 is 2.45 bits per heavy atom. The predicted octanol–water partition coefficient (Wildman–Crippen LogP) is 4.20. The lowest BCUT2D eigenvalue weighted by atomic mass is 9.82. The third kappa shape index (κ3) is 4.21. The Balaban J connectivity index is 1.89. The molecule has 0 radical (unpaired) electrons. The summed E-state index contributed by atoms with van der Waals surface area (Å²) >= 11 is 0. The lowest BCUT2D eigenvalue weighted by Crippen LogP contribution is -2.55. The van der Waals surface area contributed by atoms with E-state index in [9.17, 15) is 0 Å². The number of likely N-dealkylation sites (tertiary alicyclic amines) is 1. The molecule has 0 bridgehead atoms. The van der Waals surface area contributed by atoms with Crippen LogP contribution in [0, 0.1) is 5.92 Å². The Labute approximate surface area is 126 Å². The van der Waals surface area contributed by atoms with Gasteiger partial charge >= 0.3 is 0 Å². The molecule has 0 amide bonds. The molecule has 2 nitrogen and oxygen atoms in total. The minimum absolute atomic E-state index is 0.666. The van der Waals surface area contributed by atoms with Crippen molar-refractivity contribution in [3.63, 3.8) is 0 Å². The van der Waals surface area contributed by atoms with Crippen molar-refractivity contribution in [1.82, 2.24) is 10.2 Å². The van der Waals surface area contributed by atoms with Crippen LogP contribution < -0.4 is 5.32 Å². The fourth-order valence-corrected chi connectivity index (χ4v) is 4.36. The van der Waals surface area contributed by atoms with Crippen molar-refractivity contribution in [3.05, 3.63) is 0 Å². The number of hydrogen-bond acceptors (Lipinski definition) is 2. The first-order valence-corrected chi connectivity index (χ1v) is 9.25. The van der Waals surface area contributed by atoms with Gasteiger partial charge in [-0.1, -0.05) is 26.7 Å². The summed E-state index contributed by atoms with van der Waals surface area (Å²) in [5, 5.41) is 3.75. The van der Waals surface area contributed by atoms with Gasteiger partial charge in [0.25, 0.3) is 0 Å². The monoisotopic (exact) mass is 280 g/mol. The van der Waals surface area contributed by atoms with Gasteiger partial charge in [-0.2, -0.15) is 0 Å². The van der Waals surface area contributed by atoms with Gasteiger partial charge in [0, 0.05) is 18.1 Å². The van der Waals surface area contributed by atoms with Crippen LogP contribution in [0.25, 0.3) is 0 Å². The molecule has 0 aromatic heterocycles. The van der Waals surface area contributed by atoms with Gasteiger partial charge in [0.15, 0.2) is 0 Å². The van der Waals surface area contributed by atoms with Gasteiger partial charge in [0.1, 0.15) is 0 Å². The van der Waals surface area contributed by atoms with E-state index in [0.29, 0.717) is 6.04 Å². The van der Waals surface area contributed by atoms with Crippen LogP contribution in [0.3, 0.4) is 0 Å². The highest BCUT2D eigenvalue weighted by Crippen LogP contribution is 2.33. The summed E-state index contributed by atoms with van der Waals surface area (Å²) in [4.78, 5) is 2.89. The summed E-state index contributed by atoms with van der Waals surface area (Å²) in [6, 6.07) is 2.34. The Hall–Kier alpha value is -0.0800. The maximum absolute atomic E-state index is 3.75. The molecule has 0 aromatic rings. The van der Waals surface area contributed by atoms with Gasteiger partial charge in [0.2, 0.25) is 0 Å². The topological polar surface area (TPSA) is 15.3 Å². The van der Waals surface area contributed by atoms with Gasteiger partial charge in [-0.15, -0.1) is 0 Å². The Morgan fingerprint density at radius 2 is 1.80 bits per heavy atom. The van der Waals surface area contributed by atoms with E-state index in [1.54, 1.807) is 0 Å². The van der Waals surface area contributed by atoms with Crippen LogP contribution in [0.15, 0.2) is 0 Å². The highest BCUT2D eigenvalue weighted by atomic mass is 15.2. The van der Waals surface area contributed by atoms with Crippen molar-refractivity contribution in [2.45, 2.75) is 96.7 Å². The van der Waals surface area contributed by atoms with E-state index < -0.39 is 0 Å². The molecule has 2 rings (SSSR count). The summed E-state index contributed by atoms with van der Waals surface area (Å²) in [5.74, 6) is 1.02. The molecule has 2 unspecified atom stereocenters. The second-order valence-electron chi connectivity index (χ2n) is 7.13. The molecule has 0 spiro atoms. The van der Waals surface area contributed by atoms with E-state index in [4.69, 9.17) is 0 Å². The van der Waals surface area contributed by atoms with Crippen molar-refractivity contribution in [2.75, 3.05) is 13.1 Å². The zero-order chi connectivity index (χ0) is 14.4. The SMILES string of the molecule is CCCNC(C)C1CCCCN1C1CCC(CC)CC1. The fourth-order valence-electron chi connectivity index (χ4n) is 4.36. The van der Waals surface area contributed by atoms with Crippen molar-refractivity contribution >= 4 is 0 Å². The van der Waals surface area contributed by atoms with Crippen LogP contribution >= 0.6 is 0 Å². The quantitative estimate of drug-likeness (QED) is 0.784. The molecule has 2 heteroatoms. The molecule has 0 aromatic carbocycles. The average Bonchev–Trinajstić information content (AvgIpc) is 2.52. The second kappa shape index (κ2) is 8.38. The number of piperidine rings is 1. The van der Waals surface area contributed by atoms with Crippen molar-refractivity contribution in [1.29, 1.82) is 0 Å². The second-order valence-corrected chi connectivity index (χ2v) is 7.13. The number of nitrogens with one attached hydrogen (secondary N) is 1. The van der Waals surface area contributed by atoms with Gasteiger partial charge in [-0.05, 0) is 70.9 Å². The van der Waals surface area contributed by atoms with Gasteiger partial charge in [-0.3, -0.25) is 4.90 Å². The fraction of sp³-hybridized carbons (Fsp3) is 1.00. The summed E-state index contributed by atoms with van der Waals surface area (Å²) in [6.07, 6.45) is 12.8. The van der Waals surface area contributed by atoms with Crippen LogP contribution in [0.1, 0.15) is 78.6 Å². The smallest absolute Gasteiger partial charge is 0.0249 e. The largest absolute Gasteiger partial charge is 0.313 e. The molecule has 118 valence electrons. The summed E-state index contributed by atoms with van der Waals surface area (Å²) < 4.78 is 0. The van der Waals surface area contributed by atoms with Crippen molar-refractivity contribution in [2.24, 2.45) is 5.92 Å². The van der Waals surface area contributed by atoms with Crippen LogP contribution in [-0.4, -0.2) is 36.1 Å². The molecule has 1 aliphatic heterocycles. The number of hydrogen-bond donors (Lipinski definition) is 1.